The molecule has 0 saturated heterocycles. The predicted molar refractivity (Wildman–Crippen MR) is 58.2 cm³/mol. The van der Waals surface area contributed by atoms with Crippen molar-refractivity contribution in [2.24, 2.45) is 5.73 Å². The van der Waals surface area contributed by atoms with Crippen LogP contribution in [0.4, 0.5) is 0 Å². The van der Waals surface area contributed by atoms with E-state index in [9.17, 15) is 0 Å². The standard InChI is InChI=1S/C10H13NO2S/c11-8(6-14)7-1-2-9-10(5-7)13-4-3-12-9/h1-2,5,8,14H,3-4,6,11H2. The second-order valence-corrected chi connectivity index (χ2v) is 3.56. The van der Waals surface area contributed by atoms with Crippen LogP contribution in [0.15, 0.2) is 18.2 Å². The summed E-state index contributed by atoms with van der Waals surface area (Å²) in [6.07, 6.45) is 0. The SMILES string of the molecule is NC(CS)c1ccc2c(c1)OCCO2. The molecule has 1 aromatic carbocycles. The largest absolute Gasteiger partial charge is 0.486 e. The molecule has 0 saturated carbocycles. The first-order chi connectivity index (χ1) is 6.81. The molecule has 4 heteroatoms. The second kappa shape index (κ2) is 4.11. The number of benzene rings is 1. The normalized spacial score (nSPS) is 16.4. The van der Waals surface area contributed by atoms with Gasteiger partial charge in [0.2, 0.25) is 0 Å². The van der Waals surface area contributed by atoms with E-state index in [0.29, 0.717) is 19.0 Å². The van der Waals surface area contributed by atoms with Crippen LogP contribution in [0.2, 0.25) is 0 Å². The zero-order chi connectivity index (χ0) is 9.97. The van der Waals surface area contributed by atoms with Gasteiger partial charge in [0.15, 0.2) is 11.5 Å². The highest BCUT2D eigenvalue weighted by Crippen LogP contribution is 2.32. The third-order valence-corrected chi connectivity index (χ3v) is 2.58. The quantitative estimate of drug-likeness (QED) is 0.726. The molecule has 14 heavy (non-hydrogen) atoms. The van der Waals surface area contributed by atoms with Crippen LogP contribution in [0.5, 0.6) is 11.5 Å². The molecule has 0 bridgehead atoms. The van der Waals surface area contributed by atoms with Crippen LogP contribution >= 0.6 is 12.6 Å². The smallest absolute Gasteiger partial charge is 0.161 e. The Bertz CT molecular complexity index is 330. The molecule has 0 fully saturated rings. The maximum atomic E-state index is 5.85. The van der Waals surface area contributed by atoms with Crippen molar-refractivity contribution in [2.75, 3.05) is 19.0 Å². The Morgan fingerprint density at radius 1 is 1.29 bits per heavy atom. The third kappa shape index (κ3) is 1.81. The van der Waals surface area contributed by atoms with Crippen molar-refractivity contribution in [2.45, 2.75) is 6.04 Å². The van der Waals surface area contributed by atoms with E-state index in [1.54, 1.807) is 0 Å². The summed E-state index contributed by atoms with van der Waals surface area (Å²) in [5, 5.41) is 0. The minimum atomic E-state index is -0.0471. The molecule has 1 aliphatic rings. The van der Waals surface area contributed by atoms with Gasteiger partial charge in [-0.25, -0.2) is 0 Å². The van der Waals surface area contributed by atoms with Crippen molar-refractivity contribution in [3.8, 4) is 11.5 Å². The number of ether oxygens (including phenoxy) is 2. The molecule has 0 radical (unpaired) electrons. The van der Waals surface area contributed by atoms with Gasteiger partial charge in [-0.3, -0.25) is 0 Å². The van der Waals surface area contributed by atoms with E-state index in [1.807, 2.05) is 18.2 Å². The van der Waals surface area contributed by atoms with E-state index >= 15 is 0 Å². The third-order valence-electron chi connectivity index (χ3n) is 2.19. The number of hydrogen-bond donors (Lipinski definition) is 2. The van der Waals surface area contributed by atoms with Gasteiger partial charge in [-0.1, -0.05) is 6.07 Å². The molecule has 1 unspecified atom stereocenters. The first-order valence-corrected chi connectivity index (χ1v) is 5.20. The van der Waals surface area contributed by atoms with Gasteiger partial charge in [0.05, 0.1) is 0 Å². The molecule has 3 nitrogen and oxygen atoms in total. The highest BCUT2D eigenvalue weighted by Gasteiger charge is 2.13. The van der Waals surface area contributed by atoms with Crippen LogP contribution < -0.4 is 15.2 Å². The molecule has 0 spiro atoms. The van der Waals surface area contributed by atoms with Gasteiger partial charge < -0.3 is 15.2 Å². The Kier molecular flexibility index (Phi) is 2.84. The first-order valence-electron chi connectivity index (χ1n) is 4.57. The second-order valence-electron chi connectivity index (χ2n) is 3.19. The van der Waals surface area contributed by atoms with E-state index in [2.05, 4.69) is 12.6 Å². The van der Waals surface area contributed by atoms with E-state index in [0.717, 1.165) is 17.1 Å². The number of nitrogens with two attached hydrogens (primary N) is 1. The maximum absolute atomic E-state index is 5.85. The number of rotatable bonds is 2. The molecule has 1 atom stereocenters. The van der Waals surface area contributed by atoms with Gasteiger partial charge >= 0.3 is 0 Å². The summed E-state index contributed by atoms with van der Waals surface area (Å²) in [7, 11) is 0. The Morgan fingerprint density at radius 3 is 2.71 bits per heavy atom. The van der Waals surface area contributed by atoms with E-state index in [4.69, 9.17) is 15.2 Å². The van der Waals surface area contributed by atoms with Crippen molar-refractivity contribution in [1.82, 2.24) is 0 Å². The summed E-state index contributed by atoms with van der Waals surface area (Å²) in [5.41, 5.74) is 6.89. The molecular formula is C10H13NO2S. The fourth-order valence-electron chi connectivity index (χ4n) is 1.40. The summed E-state index contributed by atoms with van der Waals surface area (Å²) in [6.45, 7) is 1.22. The van der Waals surface area contributed by atoms with Crippen molar-refractivity contribution in [3.05, 3.63) is 23.8 Å². The zero-order valence-electron chi connectivity index (χ0n) is 7.77. The molecule has 2 N–H and O–H groups in total. The summed E-state index contributed by atoms with van der Waals surface area (Å²) in [5.74, 6) is 2.21. The lowest BCUT2D eigenvalue weighted by atomic mass is 10.1. The fourth-order valence-corrected chi connectivity index (χ4v) is 1.61. The average Bonchev–Trinajstić information content (AvgIpc) is 2.27. The minimum Gasteiger partial charge on any atom is -0.486 e. The summed E-state index contributed by atoms with van der Waals surface area (Å²) in [6, 6.07) is 5.73. The molecule has 0 amide bonds. The number of thiol groups is 1. The first kappa shape index (κ1) is 9.68. The highest BCUT2D eigenvalue weighted by atomic mass is 32.1. The monoisotopic (exact) mass is 211 g/mol. The Morgan fingerprint density at radius 2 is 2.00 bits per heavy atom. The summed E-state index contributed by atoms with van der Waals surface area (Å²) in [4.78, 5) is 0. The molecule has 2 rings (SSSR count). The van der Waals surface area contributed by atoms with Crippen LogP contribution in [0.25, 0.3) is 0 Å². The van der Waals surface area contributed by atoms with Crippen molar-refractivity contribution in [3.63, 3.8) is 0 Å². The predicted octanol–water partition coefficient (Wildman–Crippen LogP) is 1.39. The van der Waals surface area contributed by atoms with Gasteiger partial charge in [-0.2, -0.15) is 12.6 Å². The van der Waals surface area contributed by atoms with Crippen LogP contribution in [-0.2, 0) is 0 Å². The Balaban J connectivity index is 2.29. The molecule has 0 aromatic heterocycles. The van der Waals surface area contributed by atoms with Crippen LogP contribution in [-0.4, -0.2) is 19.0 Å². The van der Waals surface area contributed by atoms with Gasteiger partial charge in [-0.05, 0) is 17.7 Å². The van der Waals surface area contributed by atoms with Crippen molar-refractivity contribution in [1.29, 1.82) is 0 Å². The lowest BCUT2D eigenvalue weighted by molar-refractivity contribution is 0.171. The van der Waals surface area contributed by atoms with Gasteiger partial charge in [0.25, 0.3) is 0 Å². The molecule has 1 heterocycles. The number of fused-ring (bicyclic) bond motifs is 1. The zero-order valence-corrected chi connectivity index (χ0v) is 8.67. The van der Waals surface area contributed by atoms with Crippen LogP contribution in [0, 0.1) is 0 Å². The summed E-state index contributed by atoms with van der Waals surface area (Å²) < 4.78 is 10.9. The van der Waals surface area contributed by atoms with E-state index in [1.165, 1.54) is 0 Å². The van der Waals surface area contributed by atoms with Crippen molar-refractivity contribution >= 4 is 12.6 Å². The van der Waals surface area contributed by atoms with Crippen molar-refractivity contribution < 1.29 is 9.47 Å². The van der Waals surface area contributed by atoms with Gasteiger partial charge in [0.1, 0.15) is 13.2 Å². The highest BCUT2D eigenvalue weighted by molar-refractivity contribution is 7.80. The molecule has 1 aliphatic heterocycles. The molecule has 0 aliphatic carbocycles. The lowest BCUT2D eigenvalue weighted by Gasteiger charge is -2.20. The topological polar surface area (TPSA) is 44.5 Å². The maximum Gasteiger partial charge on any atom is 0.161 e. The van der Waals surface area contributed by atoms with Gasteiger partial charge in [-0.15, -0.1) is 0 Å². The van der Waals surface area contributed by atoms with Gasteiger partial charge in [0, 0.05) is 11.8 Å². The van der Waals surface area contributed by atoms with E-state index in [-0.39, 0.29) is 6.04 Å². The Labute approximate surface area is 88.6 Å². The van der Waals surface area contributed by atoms with Crippen LogP contribution in [0.1, 0.15) is 11.6 Å². The average molecular weight is 211 g/mol. The number of hydrogen-bond acceptors (Lipinski definition) is 4. The summed E-state index contributed by atoms with van der Waals surface area (Å²) >= 11 is 4.16. The van der Waals surface area contributed by atoms with E-state index < -0.39 is 0 Å². The fraction of sp³-hybridized carbons (Fsp3) is 0.400. The minimum absolute atomic E-state index is 0.0471. The molecule has 1 aromatic rings. The molecular weight excluding hydrogens is 198 g/mol. The van der Waals surface area contributed by atoms with Crippen LogP contribution in [0.3, 0.4) is 0 Å². The lowest BCUT2D eigenvalue weighted by Crippen LogP contribution is -2.17. The molecule has 76 valence electrons. The Hall–Kier alpha value is -0.870.